The van der Waals surface area contributed by atoms with Crippen LogP contribution < -0.4 is 37.7 Å². The van der Waals surface area contributed by atoms with Crippen LogP contribution in [0.3, 0.4) is 0 Å². The second-order valence-electron chi connectivity index (χ2n) is 3.06. The first-order chi connectivity index (χ1) is 6.36. The molecule has 0 bridgehead atoms. The molecule has 2 rings (SSSR count). The molecular weight excluding hydrogens is 170 g/mol. The van der Waals surface area contributed by atoms with Gasteiger partial charge in [-0.05, 0) is 0 Å². The molecule has 2 aromatic rings. The fourth-order valence-corrected chi connectivity index (χ4v) is 1.23. The van der Waals surface area contributed by atoms with Gasteiger partial charge >= 0.3 is 37.7 Å². The fourth-order valence-electron chi connectivity index (χ4n) is 1.23. The van der Waals surface area contributed by atoms with Crippen molar-refractivity contribution >= 4 is 0 Å². The van der Waals surface area contributed by atoms with Gasteiger partial charge in [0.15, 0.2) is 0 Å². The molecule has 0 aromatic heterocycles. The summed E-state index contributed by atoms with van der Waals surface area (Å²) in [6.45, 7) is 2.06. The topological polar surface area (TPSA) is 0 Å². The summed E-state index contributed by atoms with van der Waals surface area (Å²) in [5.41, 5.74) is 3.44. The van der Waals surface area contributed by atoms with Crippen molar-refractivity contribution in [2.75, 3.05) is 0 Å². The average Bonchev–Trinajstić information content (AvgIpc) is 2.20. The Bertz CT molecular complexity index is 379. The summed E-state index contributed by atoms with van der Waals surface area (Å²) < 4.78 is 0. The van der Waals surface area contributed by atoms with Crippen molar-refractivity contribution in [3.63, 3.8) is 0 Å². The molecule has 0 unspecified atom stereocenters. The monoisotopic (exact) mass is 180 g/mol. The predicted molar refractivity (Wildman–Crippen MR) is 54.3 cm³/mol. The Hall–Kier alpha value is -0.365. The first kappa shape index (κ1) is 14.6. The molecule has 0 nitrogen and oxygen atoms in total. The number of aryl methyl sites for hydroxylation is 1. The molecule has 2 aromatic carbocycles. The van der Waals surface area contributed by atoms with Gasteiger partial charge < -0.3 is 0 Å². The van der Waals surface area contributed by atoms with E-state index in [4.69, 9.17) is 0 Å². The predicted octanol–water partition coefficient (Wildman–Crippen LogP) is -2.73. The van der Waals surface area contributed by atoms with Crippen LogP contribution in [-0.4, -0.2) is 0 Å². The summed E-state index contributed by atoms with van der Waals surface area (Å²) in [6, 6.07) is 20.5. The molecule has 0 saturated carbocycles. The third kappa shape index (κ3) is 3.94. The zero-order valence-electron chi connectivity index (χ0n) is 9.54. The van der Waals surface area contributed by atoms with E-state index >= 15 is 0 Å². The van der Waals surface area contributed by atoms with Crippen LogP contribution in [-0.2, 0) is 0 Å². The van der Waals surface area contributed by atoms with Crippen molar-refractivity contribution in [1.29, 1.82) is 0 Å². The summed E-state index contributed by atoms with van der Waals surface area (Å²) in [5.74, 6) is 0. The van der Waals surface area contributed by atoms with Crippen molar-refractivity contribution in [2.24, 2.45) is 0 Å². The van der Waals surface area contributed by atoms with E-state index in [-0.39, 0.29) is 37.7 Å². The molecular formula is C13H10Li2. The molecule has 0 N–H and O–H groups in total. The minimum absolute atomic E-state index is 0. The second-order valence-corrected chi connectivity index (χ2v) is 3.06. The van der Waals surface area contributed by atoms with Crippen molar-refractivity contribution in [3.05, 3.63) is 60.2 Å². The molecule has 15 heavy (non-hydrogen) atoms. The standard InChI is InChI=1S/C13H10.2Li/c1-11-7-9-13(10-8-11)12-5-3-2-4-6-12;;/h2-5,7-9H,1H3;;/q-2;2*+1. The van der Waals surface area contributed by atoms with E-state index in [0.29, 0.717) is 0 Å². The molecule has 0 aliphatic heterocycles. The van der Waals surface area contributed by atoms with Crippen LogP contribution in [0, 0.1) is 19.1 Å². The molecule has 0 aliphatic carbocycles. The Labute approximate surface area is 115 Å². The molecule has 0 radical (unpaired) electrons. The van der Waals surface area contributed by atoms with E-state index in [0.717, 1.165) is 11.1 Å². The molecule has 0 amide bonds. The summed E-state index contributed by atoms with van der Waals surface area (Å²) in [5, 5.41) is 0. The van der Waals surface area contributed by atoms with Crippen LogP contribution in [0.5, 0.6) is 0 Å². The molecule has 0 fully saturated rings. The first-order valence-corrected chi connectivity index (χ1v) is 4.32. The summed E-state index contributed by atoms with van der Waals surface area (Å²) in [7, 11) is 0. The van der Waals surface area contributed by atoms with Crippen molar-refractivity contribution in [3.8, 4) is 11.1 Å². The van der Waals surface area contributed by atoms with E-state index < -0.39 is 0 Å². The molecule has 0 aliphatic rings. The van der Waals surface area contributed by atoms with Gasteiger partial charge in [-0.15, -0.1) is 11.6 Å². The zero-order valence-corrected chi connectivity index (χ0v) is 9.54. The summed E-state index contributed by atoms with van der Waals surface area (Å²) in [4.78, 5) is 0. The average molecular weight is 180 g/mol. The molecule has 2 heteroatoms. The maximum atomic E-state index is 3.22. The van der Waals surface area contributed by atoms with Gasteiger partial charge in [-0.25, -0.2) is 11.1 Å². The van der Waals surface area contributed by atoms with E-state index in [2.05, 4.69) is 31.2 Å². The minimum Gasteiger partial charge on any atom is -0.226 e. The first-order valence-electron chi connectivity index (χ1n) is 4.32. The van der Waals surface area contributed by atoms with Crippen LogP contribution in [0.4, 0.5) is 0 Å². The maximum Gasteiger partial charge on any atom is 1.00 e. The van der Waals surface area contributed by atoms with E-state index in [1.165, 1.54) is 5.56 Å². The summed E-state index contributed by atoms with van der Waals surface area (Å²) >= 11 is 0. The van der Waals surface area contributed by atoms with Gasteiger partial charge in [-0.1, -0.05) is 6.92 Å². The van der Waals surface area contributed by atoms with Crippen LogP contribution in [0.15, 0.2) is 42.5 Å². The van der Waals surface area contributed by atoms with Gasteiger partial charge in [-0.2, -0.15) is 48.5 Å². The Morgan fingerprint density at radius 1 is 0.867 bits per heavy atom. The fraction of sp³-hybridized carbons (Fsp3) is 0.0769. The van der Waals surface area contributed by atoms with E-state index in [1.807, 2.05) is 30.3 Å². The third-order valence-electron chi connectivity index (χ3n) is 1.97. The van der Waals surface area contributed by atoms with E-state index in [1.54, 1.807) is 0 Å². The zero-order chi connectivity index (χ0) is 9.10. The Morgan fingerprint density at radius 2 is 1.60 bits per heavy atom. The van der Waals surface area contributed by atoms with Crippen molar-refractivity contribution < 1.29 is 37.7 Å². The maximum absolute atomic E-state index is 3.22. The van der Waals surface area contributed by atoms with Crippen molar-refractivity contribution in [1.82, 2.24) is 0 Å². The normalized spacial score (nSPS) is 8.60. The molecule has 0 spiro atoms. The molecule has 0 saturated heterocycles. The van der Waals surface area contributed by atoms with Crippen LogP contribution in [0.2, 0.25) is 0 Å². The molecule has 0 heterocycles. The third-order valence-corrected chi connectivity index (χ3v) is 1.97. The molecule has 64 valence electrons. The number of hydrogen-bond acceptors (Lipinski definition) is 0. The summed E-state index contributed by atoms with van der Waals surface area (Å²) in [6.07, 6.45) is 0. The Balaban J connectivity index is 0.000000980. The number of benzene rings is 2. The number of hydrogen-bond donors (Lipinski definition) is 0. The van der Waals surface area contributed by atoms with Crippen LogP contribution >= 0.6 is 0 Å². The van der Waals surface area contributed by atoms with Gasteiger partial charge in [0.2, 0.25) is 0 Å². The molecule has 0 atom stereocenters. The Morgan fingerprint density at radius 3 is 2.13 bits per heavy atom. The van der Waals surface area contributed by atoms with Crippen molar-refractivity contribution in [2.45, 2.75) is 6.92 Å². The largest absolute Gasteiger partial charge is 1.00 e. The van der Waals surface area contributed by atoms with Gasteiger partial charge in [0.1, 0.15) is 0 Å². The van der Waals surface area contributed by atoms with Gasteiger partial charge in [0.05, 0.1) is 0 Å². The smallest absolute Gasteiger partial charge is 0.226 e. The number of rotatable bonds is 1. The van der Waals surface area contributed by atoms with Gasteiger partial charge in [-0.3, -0.25) is 0 Å². The minimum atomic E-state index is 0. The second kappa shape index (κ2) is 7.00. The quantitative estimate of drug-likeness (QED) is 0.330. The van der Waals surface area contributed by atoms with Gasteiger partial charge in [0.25, 0.3) is 0 Å². The van der Waals surface area contributed by atoms with Crippen LogP contribution in [0.1, 0.15) is 5.56 Å². The van der Waals surface area contributed by atoms with Crippen LogP contribution in [0.25, 0.3) is 11.1 Å². The van der Waals surface area contributed by atoms with E-state index in [9.17, 15) is 0 Å². The SMILES string of the molecule is Cc1c[c-]c(-c2[c-]cccc2)cc1.[Li+].[Li+]. The van der Waals surface area contributed by atoms with Gasteiger partial charge in [0, 0.05) is 0 Å². The Kier molecular flexibility index (Phi) is 6.83.